The van der Waals surface area contributed by atoms with E-state index >= 15 is 0 Å². The van der Waals surface area contributed by atoms with E-state index in [4.69, 9.17) is 21.1 Å². The maximum atomic E-state index is 13.0. The van der Waals surface area contributed by atoms with Gasteiger partial charge in [-0.3, -0.25) is 14.4 Å². The number of anilines is 1. The van der Waals surface area contributed by atoms with Gasteiger partial charge in [0.25, 0.3) is 0 Å². The number of rotatable bonds is 8. The fraction of sp³-hybridized carbons (Fsp3) is 0.280. The Balaban J connectivity index is 1.92. The number of methoxy groups -OCH3 is 1. The molecule has 0 aliphatic carbocycles. The molecule has 0 saturated heterocycles. The van der Waals surface area contributed by atoms with Gasteiger partial charge in [0.15, 0.2) is 0 Å². The Morgan fingerprint density at radius 3 is 2.64 bits per heavy atom. The number of halogens is 2. The lowest BCUT2D eigenvalue weighted by molar-refractivity contribution is -0.150. The third kappa shape index (κ3) is 6.22. The number of carbonyl (C=O) groups is 3. The van der Waals surface area contributed by atoms with Crippen LogP contribution in [0.2, 0.25) is 5.02 Å². The summed E-state index contributed by atoms with van der Waals surface area (Å²) in [5.74, 6) is -3.67. The van der Waals surface area contributed by atoms with Gasteiger partial charge in [0.05, 0.1) is 46.9 Å². The molecule has 0 radical (unpaired) electrons. The minimum atomic E-state index is -1.31. The standard InChI is InChI=1S/C25H23BrClN3O5S/c1-4-35-19-8-6-14(10-17(19)27)21-15(11-28)24(30-23(32)22(21)25(33)34-3)36-12-20(31)29-18-7-5-13(2)9-16(18)26/h5-10,21-22H,4,12H2,1-3H3,(H,29,31)(H,30,32)/t21-,22-/m0/s1. The Bertz CT molecular complexity index is 1280. The van der Waals surface area contributed by atoms with Crippen LogP contribution in [0.15, 0.2) is 51.5 Å². The number of esters is 1. The smallest absolute Gasteiger partial charge is 0.319 e. The molecule has 1 aliphatic rings. The van der Waals surface area contributed by atoms with Crippen molar-refractivity contribution in [2.45, 2.75) is 19.8 Å². The van der Waals surface area contributed by atoms with Crippen molar-refractivity contribution in [3.63, 3.8) is 0 Å². The van der Waals surface area contributed by atoms with Crippen molar-refractivity contribution in [2.75, 3.05) is 24.8 Å². The van der Waals surface area contributed by atoms with E-state index in [9.17, 15) is 19.6 Å². The topological polar surface area (TPSA) is 118 Å². The number of allylic oxidation sites excluding steroid dienone is 1. The van der Waals surface area contributed by atoms with E-state index in [1.54, 1.807) is 24.3 Å². The van der Waals surface area contributed by atoms with Gasteiger partial charge in [-0.2, -0.15) is 5.26 Å². The predicted molar refractivity (Wildman–Crippen MR) is 142 cm³/mol. The molecule has 2 aromatic rings. The number of ether oxygens (including phenoxy) is 2. The Morgan fingerprint density at radius 2 is 2.03 bits per heavy atom. The van der Waals surface area contributed by atoms with Gasteiger partial charge >= 0.3 is 5.97 Å². The number of amides is 2. The predicted octanol–water partition coefficient (Wildman–Crippen LogP) is 4.92. The third-order valence-electron chi connectivity index (χ3n) is 5.34. The minimum absolute atomic E-state index is 0.0826. The molecule has 2 aromatic carbocycles. The molecular formula is C25H23BrClN3O5S. The molecule has 0 fully saturated rings. The summed E-state index contributed by atoms with van der Waals surface area (Å²) in [5.41, 5.74) is 2.22. The van der Waals surface area contributed by atoms with Crippen molar-refractivity contribution in [1.82, 2.24) is 5.32 Å². The van der Waals surface area contributed by atoms with Gasteiger partial charge in [0.2, 0.25) is 11.8 Å². The summed E-state index contributed by atoms with van der Waals surface area (Å²) in [5, 5.41) is 15.9. The van der Waals surface area contributed by atoms with Crippen LogP contribution in [0.1, 0.15) is 24.0 Å². The summed E-state index contributed by atoms with van der Waals surface area (Å²) < 4.78 is 11.1. The first-order valence-corrected chi connectivity index (χ1v) is 13.0. The fourth-order valence-electron chi connectivity index (χ4n) is 3.71. The molecule has 2 N–H and O–H groups in total. The molecule has 3 rings (SSSR count). The highest BCUT2D eigenvalue weighted by molar-refractivity contribution is 9.10. The summed E-state index contributed by atoms with van der Waals surface area (Å²) in [7, 11) is 1.17. The lowest BCUT2D eigenvalue weighted by atomic mass is 9.78. The minimum Gasteiger partial charge on any atom is -0.492 e. The third-order valence-corrected chi connectivity index (χ3v) is 7.31. The van der Waals surface area contributed by atoms with Crippen LogP contribution in [0.3, 0.4) is 0 Å². The Morgan fingerprint density at radius 1 is 1.28 bits per heavy atom. The molecule has 0 saturated carbocycles. The van der Waals surface area contributed by atoms with Crippen LogP contribution in [0, 0.1) is 24.2 Å². The van der Waals surface area contributed by atoms with Crippen molar-refractivity contribution >= 4 is 62.8 Å². The number of aryl methyl sites for hydroxylation is 1. The Labute approximate surface area is 226 Å². The largest absolute Gasteiger partial charge is 0.492 e. The van der Waals surface area contributed by atoms with E-state index in [-0.39, 0.29) is 27.3 Å². The van der Waals surface area contributed by atoms with Crippen molar-refractivity contribution < 1.29 is 23.9 Å². The highest BCUT2D eigenvalue weighted by atomic mass is 79.9. The summed E-state index contributed by atoms with van der Waals surface area (Å²) in [6, 6.07) is 12.5. The van der Waals surface area contributed by atoms with Gasteiger partial charge in [-0.1, -0.05) is 35.5 Å². The van der Waals surface area contributed by atoms with Crippen molar-refractivity contribution in [2.24, 2.45) is 5.92 Å². The van der Waals surface area contributed by atoms with E-state index in [1.807, 2.05) is 26.0 Å². The first-order valence-electron chi connectivity index (χ1n) is 10.8. The maximum absolute atomic E-state index is 13.0. The molecule has 8 nitrogen and oxygen atoms in total. The van der Waals surface area contributed by atoms with Crippen molar-refractivity contribution in [3.05, 3.63) is 67.6 Å². The highest BCUT2D eigenvalue weighted by Crippen LogP contribution is 2.42. The molecule has 0 bridgehead atoms. The van der Waals surface area contributed by atoms with Crippen LogP contribution < -0.4 is 15.4 Å². The number of thioether (sulfide) groups is 1. The average molecular weight is 593 g/mol. The lowest BCUT2D eigenvalue weighted by Crippen LogP contribution is -2.44. The first-order chi connectivity index (χ1) is 17.2. The van der Waals surface area contributed by atoms with Crippen LogP contribution in [0.5, 0.6) is 5.75 Å². The number of nitrogens with zero attached hydrogens (tertiary/aromatic N) is 1. The van der Waals surface area contributed by atoms with Crippen LogP contribution in [-0.4, -0.2) is 37.3 Å². The molecular weight excluding hydrogens is 570 g/mol. The van der Waals surface area contributed by atoms with Crippen LogP contribution >= 0.6 is 39.3 Å². The molecule has 11 heteroatoms. The van der Waals surface area contributed by atoms with Crippen LogP contribution in [-0.2, 0) is 19.1 Å². The van der Waals surface area contributed by atoms with Gasteiger partial charge in [0, 0.05) is 10.4 Å². The zero-order chi connectivity index (χ0) is 26.4. The van der Waals surface area contributed by atoms with E-state index in [2.05, 4.69) is 32.6 Å². The van der Waals surface area contributed by atoms with Gasteiger partial charge < -0.3 is 20.1 Å². The molecule has 0 unspecified atom stereocenters. The molecule has 36 heavy (non-hydrogen) atoms. The number of benzene rings is 2. The average Bonchev–Trinajstić information content (AvgIpc) is 2.84. The molecule has 2 amide bonds. The normalized spacial score (nSPS) is 17.2. The van der Waals surface area contributed by atoms with Gasteiger partial charge in [0.1, 0.15) is 11.7 Å². The number of hydrogen-bond donors (Lipinski definition) is 2. The second-order valence-corrected chi connectivity index (χ2v) is 10.0. The van der Waals surface area contributed by atoms with E-state index in [0.717, 1.165) is 21.8 Å². The Kier molecular flexibility index (Phi) is 9.43. The summed E-state index contributed by atoms with van der Waals surface area (Å²) in [6.45, 7) is 4.15. The Hall–Kier alpha value is -3.00. The molecule has 188 valence electrons. The SMILES string of the molecule is CCOc1ccc([C@H]2C(C#N)=C(SCC(=O)Nc3ccc(C)cc3Br)NC(=O)[C@H]2C(=O)OC)cc1Cl. The lowest BCUT2D eigenvalue weighted by Gasteiger charge is -2.31. The molecule has 0 spiro atoms. The van der Waals surface area contributed by atoms with Crippen molar-refractivity contribution in [1.29, 1.82) is 5.26 Å². The second kappa shape index (κ2) is 12.3. The van der Waals surface area contributed by atoms with Gasteiger partial charge in [-0.25, -0.2) is 0 Å². The second-order valence-electron chi connectivity index (χ2n) is 7.77. The van der Waals surface area contributed by atoms with E-state index in [0.29, 0.717) is 23.6 Å². The van der Waals surface area contributed by atoms with Crippen LogP contribution in [0.4, 0.5) is 5.69 Å². The van der Waals surface area contributed by atoms with Crippen LogP contribution in [0.25, 0.3) is 0 Å². The van der Waals surface area contributed by atoms with E-state index < -0.39 is 23.7 Å². The zero-order valence-electron chi connectivity index (χ0n) is 19.7. The maximum Gasteiger partial charge on any atom is 0.319 e. The monoisotopic (exact) mass is 591 g/mol. The van der Waals surface area contributed by atoms with Gasteiger partial charge in [-0.05, 0) is 65.2 Å². The summed E-state index contributed by atoms with van der Waals surface area (Å²) in [6.07, 6.45) is 0. The number of carbonyl (C=O) groups excluding carboxylic acids is 3. The summed E-state index contributed by atoms with van der Waals surface area (Å²) >= 11 is 10.8. The first kappa shape index (κ1) is 27.6. The quantitative estimate of drug-likeness (QED) is 0.330. The molecule has 2 atom stereocenters. The zero-order valence-corrected chi connectivity index (χ0v) is 22.8. The molecule has 1 heterocycles. The number of nitriles is 1. The fourth-order valence-corrected chi connectivity index (χ4v) is 5.39. The number of hydrogen-bond acceptors (Lipinski definition) is 7. The molecule has 1 aliphatic heterocycles. The summed E-state index contributed by atoms with van der Waals surface area (Å²) in [4.78, 5) is 38.2. The van der Waals surface area contributed by atoms with Gasteiger partial charge in [-0.15, -0.1) is 0 Å². The van der Waals surface area contributed by atoms with E-state index in [1.165, 1.54) is 7.11 Å². The number of nitrogens with one attached hydrogen (secondary N) is 2. The highest BCUT2D eigenvalue weighted by Gasteiger charge is 2.44. The molecule has 0 aromatic heterocycles. The van der Waals surface area contributed by atoms with Crippen molar-refractivity contribution in [3.8, 4) is 11.8 Å².